The number of benzene rings is 6. The monoisotopic (exact) mass is 1060 g/mol. The van der Waals surface area contributed by atoms with E-state index in [0.29, 0.717) is 5.92 Å². The Labute approximate surface area is 480 Å². The van der Waals surface area contributed by atoms with Gasteiger partial charge in [-0.25, -0.2) is 0 Å². The van der Waals surface area contributed by atoms with Crippen LogP contribution in [-0.4, -0.2) is 6.71 Å². The number of fused-ring (bicyclic) bond motifs is 11. The van der Waals surface area contributed by atoms with E-state index in [-0.39, 0.29) is 50.0 Å². The van der Waals surface area contributed by atoms with E-state index in [4.69, 9.17) is 0 Å². The zero-order valence-electron chi connectivity index (χ0n) is 51.7. The number of nitrogens with zero attached hydrogens (tertiary/aromatic N) is 2. The Morgan fingerprint density at radius 2 is 0.797 bits per heavy atom. The van der Waals surface area contributed by atoms with Crippen LogP contribution < -0.4 is 26.2 Å². The molecule has 7 aromatic rings. The molecule has 5 aliphatic carbocycles. The topological polar surface area (TPSA) is 6.48 Å². The maximum atomic E-state index is 2.85. The lowest BCUT2D eigenvalue weighted by atomic mass is 9.33. The van der Waals surface area contributed by atoms with Crippen molar-refractivity contribution in [2.24, 2.45) is 0 Å². The summed E-state index contributed by atoms with van der Waals surface area (Å²) < 4.78 is 2.85. The van der Waals surface area contributed by atoms with Crippen LogP contribution in [0.3, 0.4) is 0 Å². The van der Waals surface area contributed by atoms with Crippen molar-refractivity contribution in [2.45, 2.75) is 250 Å². The Kier molecular flexibility index (Phi) is 11.0. The number of aryl methyl sites for hydroxylation is 1. The van der Waals surface area contributed by atoms with Gasteiger partial charge >= 0.3 is 0 Å². The Hall–Kier alpha value is -4.80. The molecule has 0 amide bonds. The molecule has 1 fully saturated rings. The molecule has 410 valence electrons. The van der Waals surface area contributed by atoms with E-state index in [1.54, 1.807) is 27.8 Å². The SMILES string of the molecule is Cc1cc2c(cc1N1c3cc4sc5cc6c(cc5c4cc3B3c4cc5c(cc4N(c4ccc7c(c4)C(C)(C)CCC7(C)C)c4cc(C7CCCCC7)cc1c43)C(C)(C)CCC5(C)C)C(C)(C)CCC6(C)C)C(C)(C)CCC2(C)C. The van der Waals surface area contributed by atoms with Gasteiger partial charge in [0.25, 0.3) is 6.71 Å². The van der Waals surface area contributed by atoms with Crippen LogP contribution in [0.1, 0.15) is 256 Å². The molecule has 0 spiro atoms. The van der Waals surface area contributed by atoms with Gasteiger partial charge < -0.3 is 9.80 Å². The molecule has 0 unspecified atom stereocenters. The van der Waals surface area contributed by atoms with E-state index >= 15 is 0 Å². The number of hydrogen-bond donors (Lipinski definition) is 0. The van der Waals surface area contributed by atoms with E-state index in [0.717, 1.165) is 0 Å². The van der Waals surface area contributed by atoms with Gasteiger partial charge in [0.15, 0.2) is 0 Å². The van der Waals surface area contributed by atoms with Gasteiger partial charge in [0, 0.05) is 48.9 Å². The van der Waals surface area contributed by atoms with Crippen LogP contribution in [0.2, 0.25) is 0 Å². The lowest BCUT2D eigenvalue weighted by molar-refractivity contribution is 0.332. The molecule has 0 radical (unpaired) electrons. The second-order valence-electron chi connectivity index (χ2n) is 32.3. The third-order valence-electron chi connectivity index (χ3n) is 23.2. The van der Waals surface area contributed by atoms with Gasteiger partial charge in [-0.15, -0.1) is 11.3 Å². The van der Waals surface area contributed by atoms with E-state index < -0.39 is 0 Å². The maximum absolute atomic E-state index is 2.85. The first-order chi connectivity index (χ1) is 37.0. The highest BCUT2D eigenvalue weighted by atomic mass is 32.1. The van der Waals surface area contributed by atoms with E-state index in [1.807, 2.05) is 11.3 Å². The molecule has 1 aromatic heterocycles. The normalized spacial score (nSPS) is 23.0. The fourth-order valence-corrected chi connectivity index (χ4v) is 18.4. The van der Waals surface area contributed by atoms with Gasteiger partial charge in [-0.2, -0.15) is 0 Å². The summed E-state index contributed by atoms with van der Waals surface area (Å²) >= 11 is 2.04. The third kappa shape index (κ3) is 7.65. The molecule has 0 N–H and O–H groups in total. The summed E-state index contributed by atoms with van der Waals surface area (Å²) in [5.74, 6) is 0.528. The number of anilines is 6. The summed E-state index contributed by atoms with van der Waals surface area (Å²) in [5.41, 5.74) is 28.7. The predicted molar refractivity (Wildman–Crippen MR) is 345 cm³/mol. The minimum absolute atomic E-state index is 0.0442. The molecule has 79 heavy (non-hydrogen) atoms. The Balaban J connectivity index is 1.14. The molecule has 2 aliphatic heterocycles. The predicted octanol–water partition coefficient (Wildman–Crippen LogP) is 19.9. The van der Waals surface area contributed by atoms with Crippen LogP contribution in [0.4, 0.5) is 34.1 Å². The lowest BCUT2D eigenvalue weighted by Crippen LogP contribution is -2.62. The average Bonchev–Trinajstić information content (AvgIpc) is 3.10. The molecule has 3 heterocycles. The first-order valence-electron chi connectivity index (χ1n) is 31.3. The zero-order chi connectivity index (χ0) is 55.7. The van der Waals surface area contributed by atoms with E-state index in [9.17, 15) is 0 Å². The van der Waals surface area contributed by atoms with Crippen molar-refractivity contribution in [1.82, 2.24) is 0 Å². The van der Waals surface area contributed by atoms with Crippen molar-refractivity contribution in [1.29, 1.82) is 0 Å². The molecule has 2 nitrogen and oxygen atoms in total. The molecule has 7 aliphatic rings. The molecule has 1 saturated carbocycles. The van der Waals surface area contributed by atoms with Crippen LogP contribution in [0.25, 0.3) is 20.2 Å². The van der Waals surface area contributed by atoms with Crippen LogP contribution in [0.5, 0.6) is 0 Å². The maximum Gasteiger partial charge on any atom is 0.252 e. The summed E-state index contributed by atoms with van der Waals surface area (Å²) in [6.07, 6.45) is 16.1. The van der Waals surface area contributed by atoms with Crippen molar-refractivity contribution in [2.75, 3.05) is 9.80 Å². The zero-order valence-corrected chi connectivity index (χ0v) is 52.5. The minimum Gasteiger partial charge on any atom is -0.311 e. The molecule has 14 rings (SSSR count). The van der Waals surface area contributed by atoms with Crippen molar-refractivity contribution in [3.63, 3.8) is 0 Å². The highest BCUT2D eigenvalue weighted by Gasteiger charge is 2.49. The lowest BCUT2D eigenvalue weighted by Gasteiger charge is -2.48. The van der Waals surface area contributed by atoms with Gasteiger partial charge in [0.05, 0.1) is 0 Å². The largest absolute Gasteiger partial charge is 0.311 e. The van der Waals surface area contributed by atoms with Crippen LogP contribution in [0.15, 0.2) is 78.9 Å². The van der Waals surface area contributed by atoms with Crippen molar-refractivity contribution >= 4 is 88.7 Å². The van der Waals surface area contributed by atoms with Gasteiger partial charge in [0.2, 0.25) is 0 Å². The molecule has 0 atom stereocenters. The molecular formula is C75H91BN2S. The first kappa shape index (κ1) is 52.3. The van der Waals surface area contributed by atoms with E-state index in [2.05, 4.69) is 206 Å². The summed E-state index contributed by atoms with van der Waals surface area (Å²) in [5, 5.41) is 2.87. The molecule has 0 bridgehead atoms. The smallest absolute Gasteiger partial charge is 0.252 e. The molecule has 0 saturated heterocycles. The van der Waals surface area contributed by atoms with Gasteiger partial charge in [-0.05, 0) is 252 Å². The molecule has 6 aromatic carbocycles. The summed E-state index contributed by atoms with van der Waals surface area (Å²) in [6, 6.07) is 34.9. The van der Waals surface area contributed by atoms with Crippen molar-refractivity contribution in [3.8, 4) is 0 Å². The molecule has 4 heteroatoms. The van der Waals surface area contributed by atoms with Gasteiger partial charge in [-0.3, -0.25) is 0 Å². The quantitative estimate of drug-likeness (QED) is 0.163. The standard InChI is InChI=1S/C75H91BN2S/c1-44-33-51-55(73(12,13)30-27-69(51,4)5)40-60(44)78-62-43-66-49(48-37-53-57(42-65(48)79-66)75(16,17)32-28-71(53,8)9)38-58(62)76-59-39-54-56(74(14,15)31-29-72(54,10)11)41-61(59)77(47-23-24-50-52(36-47)70(6,7)26-25-68(50,2)3)63-34-46(35-64(78)67(63)76)45-21-19-18-20-22-45/h23-24,33-43,45H,18-22,25-32H2,1-17H3. The minimum atomic E-state index is 0.0442. The number of thiophene rings is 1. The highest BCUT2D eigenvalue weighted by Crippen LogP contribution is 2.57. The highest BCUT2D eigenvalue weighted by molar-refractivity contribution is 7.26. The van der Waals surface area contributed by atoms with E-state index in [1.165, 1.54) is 182 Å². The number of rotatable bonds is 3. The summed E-state index contributed by atoms with van der Waals surface area (Å²) in [7, 11) is 0. The average molecular weight is 1060 g/mol. The second kappa shape index (κ2) is 16.7. The fourth-order valence-electron chi connectivity index (χ4n) is 17.3. The van der Waals surface area contributed by atoms with Crippen molar-refractivity contribution in [3.05, 3.63) is 134 Å². The number of hydrogen-bond acceptors (Lipinski definition) is 3. The van der Waals surface area contributed by atoms with Crippen LogP contribution in [0, 0.1) is 6.92 Å². The molecular weight excluding hydrogens is 972 g/mol. The summed E-state index contributed by atoms with van der Waals surface area (Å²) in [6.45, 7) is 42.7. The second-order valence-corrected chi connectivity index (χ2v) is 33.3. The third-order valence-corrected chi connectivity index (χ3v) is 24.3. The Morgan fingerprint density at radius 1 is 0.380 bits per heavy atom. The first-order valence-corrected chi connectivity index (χ1v) is 32.1. The van der Waals surface area contributed by atoms with Crippen molar-refractivity contribution < 1.29 is 0 Å². The Bertz CT molecular complexity index is 3770. The van der Waals surface area contributed by atoms with Gasteiger partial charge in [0.1, 0.15) is 0 Å². The fraction of sp³-hybridized carbons (Fsp3) is 0.520. The van der Waals surface area contributed by atoms with Crippen LogP contribution >= 0.6 is 11.3 Å². The summed E-state index contributed by atoms with van der Waals surface area (Å²) in [4.78, 5) is 5.68. The van der Waals surface area contributed by atoms with Gasteiger partial charge in [-0.1, -0.05) is 154 Å². The Morgan fingerprint density at radius 3 is 1.37 bits per heavy atom. The van der Waals surface area contributed by atoms with Crippen LogP contribution in [-0.2, 0) is 43.3 Å².